The molecule has 0 aliphatic heterocycles. The first-order chi connectivity index (χ1) is 5.07. The maximum Gasteiger partial charge on any atom is 0.0563 e. The van der Waals surface area contributed by atoms with Crippen molar-refractivity contribution in [3.63, 3.8) is 0 Å². The van der Waals surface area contributed by atoms with Gasteiger partial charge in [0, 0.05) is 0 Å². The van der Waals surface area contributed by atoms with Crippen LogP contribution in [0.2, 0.25) is 0 Å². The first-order valence-corrected chi connectivity index (χ1v) is 4.38. The quantitative estimate of drug-likeness (QED) is 0.607. The van der Waals surface area contributed by atoms with Crippen molar-refractivity contribution in [2.45, 2.75) is 39.7 Å². The highest BCUT2D eigenvalue weighted by molar-refractivity contribution is 4.76. The summed E-state index contributed by atoms with van der Waals surface area (Å²) in [5, 5.41) is 9.44. The molecule has 0 heterocycles. The Hall–Kier alpha value is -0.300. The van der Waals surface area contributed by atoms with Crippen LogP contribution in [0.25, 0.3) is 0 Å². The monoisotopic (exact) mass is 156 g/mol. The van der Waals surface area contributed by atoms with Crippen LogP contribution in [0.5, 0.6) is 0 Å². The Bertz CT molecular complexity index is 107. The van der Waals surface area contributed by atoms with Gasteiger partial charge in [0.15, 0.2) is 0 Å². The third-order valence-corrected chi connectivity index (χ3v) is 2.09. The van der Waals surface area contributed by atoms with Crippen LogP contribution in [0.4, 0.5) is 0 Å². The van der Waals surface area contributed by atoms with E-state index < -0.39 is 0 Å². The molecule has 0 fully saturated rings. The second-order valence-electron chi connectivity index (χ2n) is 3.60. The average Bonchev–Trinajstić information content (AvgIpc) is 1.99. The summed E-state index contributed by atoms with van der Waals surface area (Å²) in [5.74, 6) is 0.912. The summed E-state index contributed by atoms with van der Waals surface area (Å²) < 4.78 is 0. The average molecular weight is 156 g/mol. The molecule has 0 aromatic carbocycles. The fraction of sp³-hybridized carbons (Fsp3) is 0.800. The van der Waals surface area contributed by atoms with E-state index in [4.69, 9.17) is 0 Å². The molecule has 0 rings (SSSR count). The molecule has 1 heteroatoms. The zero-order chi connectivity index (χ0) is 8.85. The molecule has 2 unspecified atom stereocenters. The normalized spacial score (nSPS) is 16.5. The van der Waals surface area contributed by atoms with Crippen molar-refractivity contribution in [1.82, 2.24) is 0 Å². The molecule has 0 aromatic rings. The van der Waals surface area contributed by atoms with Gasteiger partial charge in [0.2, 0.25) is 0 Å². The van der Waals surface area contributed by atoms with E-state index in [-0.39, 0.29) is 6.10 Å². The van der Waals surface area contributed by atoms with Gasteiger partial charge >= 0.3 is 0 Å². The summed E-state index contributed by atoms with van der Waals surface area (Å²) in [6.07, 6.45) is 3.73. The van der Waals surface area contributed by atoms with E-state index >= 15 is 0 Å². The molecule has 0 radical (unpaired) electrons. The van der Waals surface area contributed by atoms with Gasteiger partial charge in [0.1, 0.15) is 0 Å². The predicted molar refractivity (Wildman–Crippen MR) is 49.4 cm³/mol. The highest BCUT2D eigenvalue weighted by atomic mass is 16.3. The van der Waals surface area contributed by atoms with E-state index in [1.807, 2.05) is 19.9 Å². The second kappa shape index (κ2) is 5.36. The fourth-order valence-corrected chi connectivity index (χ4v) is 0.885. The Labute approximate surface area is 70.1 Å². The molecule has 2 atom stereocenters. The molecule has 0 spiro atoms. The topological polar surface area (TPSA) is 20.2 Å². The number of allylic oxidation sites excluding steroid dienone is 1. The largest absolute Gasteiger partial charge is 0.393 e. The van der Waals surface area contributed by atoms with Gasteiger partial charge in [-0.2, -0.15) is 0 Å². The molecular formula is C10H20O. The van der Waals surface area contributed by atoms with Gasteiger partial charge in [-0.3, -0.25) is 0 Å². The maximum absolute atomic E-state index is 9.44. The smallest absolute Gasteiger partial charge is 0.0563 e. The number of aliphatic hydroxyl groups excluding tert-OH is 1. The van der Waals surface area contributed by atoms with Crippen molar-refractivity contribution in [3.05, 3.63) is 12.7 Å². The van der Waals surface area contributed by atoms with Crippen molar-refractivity contribution >= 4 is 0 Å². The van der Waals surface area contributed by atoms with Crippen LogP contribution >= 0.6 is 0 Å². The first kappa shape index (κ1) is 10.7. The third kappa shape index (κ3) is 5.02. The Balaban J connectivity index is 3.45. The third-order valence-electron chi connectivity index (χ3n) is 2.09. The van der Waals surface area contributed by atoms with Crippen LogP contribution < -0.4 is 0 Å². The maximum atomic E-state index is 9.44. The molecule has 0 bridgehead atoms. The van der Waals surface area contributed by atoms with Crippen molar-refractivity contribution in [2.24, 2.45) is 11.8 Å². The zero-order valence-corrected chi connectivity index (χ0v) is 7.88. The fourth-order valence-electron chi connectivity index (χ4n) is 0.885. The first-order valence-electron chi connectivity index (χ1n) is 4.38. The van der Waals surface area contributed by atoms with Gasteiger partial charge in [-0.15, -0.1) is 6.58 Å². The lowest BCUT2D eigenvalue weighted by Crippen LogP contribution is -2.15. The van der Waals surface area contributed by atoms with Crippen LogP contribution in [-0.4, -0.2) is 11.2 Å². The number of hydrogen-bond acceptors (Lipinski definition) is 1. The van der Waals surface area contributed by atoms with Gasteiger partial charge < -0.3 is 5.11 Å². The summed E-state index contributed by atoms with van der Waals surface area (Å²) in [4.78, 5) is 0. The molecule has 0 saturated heterocycles. The highest BCUT2D eigenvalue weighted by Gasteiger charge is 2.09. The Kier molecular flexibility index (Phi) is 5.22. The minimum atomic E-state index is -0.141. The van der Waals surface area contributed by atoms with Gasteiger partial charge in [0.05, 0.1) is 6.10 Å². The van der Waals surface area contributed by atoms with Crippen LogP contribution in [0.15, 0.2) is 12.7 Å². The highest BCUT2D eigenvalue weighted by Crippen LogP contribution is 2.13. The van der Waals surface area contributed by atoms with Crippen LogP contribution in [-0.2, 0) is 0 Å². The Morgan fingerprint density at radius 1 is 1.27 bits per heavy atom. The van der Waals surface area contributed by atoms with Gasteiger partial charge in [-0.1, -0.05) is 26.8 Å². The molecular weight excluding hydrogens is 136 g/mol. The SMILES string of the molecule is C=CC(C)CCC(O)C(C)C. The summed E-state index contributed by atoms with van der Waals surface area (Å²) >= 11 is 0. The number of aliphatic hydroxyl groups is 1. The van der Waals surface area contributed by atoms with Crippen molar-refractivity contribution < 1.29 is 5.11 Å². The lowest BCUT2D eigenvalue weighted by atomic mass is 9.97. The van der Waals surface area contributed by atoms with E-state index in [0.717, 1.165) is 12.8 Å². The van der Waals surface area contributed by atoms with Crippen LogP contribution in [0.3, 0.4) is 0 Å². The van der Waals surface area contributed by atoms with E-state index in [1.54, 1.807) is 0 Å². The van der Waals surface area contributed by atoms with Gasteiger partial charge in [-0.05, 0) is 24.7 Å². The van der Waals surface area contributed by atoms with Crippen molar-refractivity contribution in [3.8, 4) is 0 Å². The Morgan fingerprint density at radius 3 is 2.18 bits per heavy atom. The Morgan fingerprint density at radius 2 is 1.82 bits per heavy atom. The second-order valence-corrected chi connectivity index (χ2v) is 3.60. The van der Waals surface area contributed by atoms with E-state index in [1.165, 1.54) is 0 Å². The summed E-state index contributed by atoms with van der Waals surface area (Å²) in [7, 11) is 0. The molecule has 0 aromatic heterocycles. The zero-order valence-electron chi connectivity index (χ0n) is 7.88. The van der Waals surface area contributed by atoms with Crippen molar-refractivity contribution in [2.75, 3.05) is 0 Å². The number of hydrogen-bond donors (Lipinski definition) is 1. The standard InChI is InChI=1S/C10H20O/c1-5-9(4)6-7-10(11)8(2)3/h5,8-11H,1,6-7H2,2-4H3. The molecule has 1 N–H and O–H groups in total. The van der Waals surface area contributed by atoms with Crippen molar-refractivity contribution in [1.29, 1.82) is 0 Å². The summed E-state index contributed by atoms with van der Waals surface area (Å²) in [6, 6.07) is 0. The molecule has 66 valence electrons. The molecule has 1 nitrogen and oxygen atoms in total. The molecule has 0 aliphatic carbocycles. The minimum Gasteiger partial charge on any atom is -0.393 e. The molecule has 0 amide bonds. The lowest BCUT2D eigenvalue weighted by molar-refractivity contribution is 0.111. The summed E-state index contributed by atoms with van der Waals surface area (Å²) in [5.41, 5.74) is 0. The van der Waals surface area contributed by atoms with Crippen LogP contribution in [0, 0.1) is 11.8 Å². The number of rotatable bonds is 5. The van der Waals surface area contributed by atoms with Gasteiger partial charge in [-0.25, -0.2) is 0 Å². The van der Waals surface area contributed by atoms with E-state index in [0.29, 0.717) is 11.8 Å². The lowest BCUT2D eigenvalue weighted by Gasteiger charge is -2.15. The minimum absolute atomic E-state index is 0.141. The predicted octanol–water partition coefficient (Wildman–Crippen LogP) is 2.61. The molecule has 0 saturated carbocycles. The van der Waals surface area contributed by atoms with E-state index in [2.05, 4.69) is 13.5 Å². The van der Waals surface area contributed by atoms with Gasteiger partial charge in [0.25, 0.3) is 0 Å². The molecule has 0 aliphatic rings. The van der Waals surface area contributed by atoms with Crippen LogP contribution in [0.1, 0.15) is 33.6 Å². The molecule has 11 heavy (non-hydrogen) atoms. The summed E-state index contributed by atoms with van der Waals surface area (Å²) in [6.45, 7) is 9.92. The van der Waals surface area contributed by atoms with E-state index in [9.17, 15) is 5.11 Å².